The van der Waals surface area contributed by atoms with E-state index in [1.807, 2.05) is 28.6 Å². The molecule has 0 aliphatic rings. The Labute approximate surface area is 76.9 Å². The molecule has 0 saturated carbocycles. The second-order valence-corrected chi connectivity index (χ2v) is 4.22. The highest BCUT2D eigenvalue weighted by Gasteiger charge is 2.20. The van der Waals surface area contributed by atoms with Gasteiger partial charge in [0.2, 0.25) is 0 Å². The summed E-state index contributed by atoms with van der Waals surface area (Å²) in [6.07, 6.45) is 1.94. The summed E-state index contributed by atoms with van der Waals surface area (Å²) in [5.74, 6) is -0.0430. The van der Waals surface area contributed by atoms with E-state index < -0.39 is 0 Å². The van der Waals surface area contributed by atoms with Gasteiger partial charge < -0.3 is 4.74 Å². The zero-order valence-electron chi connectivity index (χ0n) is 8.81. The summed E-state index contributed by atoms with van der Waals surface area (Å²) in [6, 6.07) is 0. The molecule has 0 aliphatic heterocycles. The third kappa shape index (κ3) is 5.28. The molecule has 68 valence electrons. The second kappa shape index (κ2) is 4.58. The van der Waals surface area contributed by atoms with E-state index in [1.54, 1.807) is 0 Å². The van der Waals surface area contributed by atoms with Crippen LogP contribution in [0.3, 0.4) is 0 Å². The summed E-state index contributed by atoms with van der Waals surface area (Å²) < 4.78 is 5.21. The van der Waals surface area contributed by atoms with Crippen LogP contribution in [0, 0.1) is 0 Å². The van der Waals surface area contributed by atoms with Gasteiger partial charge in [-0.2, -0.15) is 0 Å². The highest BCUT2D eigenvalue weighted by Crippen LogP contribution is 2.15. The average Bonchev–Trinajstić information content (AvgIpc) is 1.84. The lowest BCUT2D eigenvalue weighted by Crippen LogP contribution is -2.26. The number of rotatable bonds is 3. The highest BCUT2D eigenvalue weighted by molar-refractivity contribution is 6.23. The first-order chi connectivity index (χ1) is 5.37. The Morgan fingerprint density at radius 2 is 2.00 bits per heavy atom. The van der Waals surface area contributed by atoms with Gasteiger partial charge in [-0.1, -0.05) is 12.7 Å². The first-order valence-electron chi connectivity index (χ1n) is 4.59. The van der Waals surface area contributed by atoms with Crippen molar-refractivity contribution >= 4 is 21.7 Å². The lowest BCUT2D eigenvalue weighted by molar-refractivity contribution is -0.154. The van der Waals surface area contributed by atoms with E-state index in [2.05, 4.69) is 7.85 Å². The van der Waals surface area contributed by atoms with Crippen molar-refractivity contribution in [3.05, 3.63) is 0 Å². The Morgan fingerprint density at radius 1 is 1.50 bits per heavy atom. The molecule has 0 radical (unpaired) electrons. The summed E-state index contributed by atoms with van der Waals surface area (Å²) >= 11 is 0. The maximum absolute atomic E-state index is 11.3. The first-order valence-corrected chi connectivity index (χ1v) is 4.59. The molecule has 4 heteroatoms. The Bertz CT molecular complexity index is 152. The van der Waals surface area contributed by atoms with Crippen LogP contribution in [0.15, 0.2) is 0 Å². The molecule has 0 amide bonds. The molecule has 0 bridgehead atoms. The molecule has 0 N–H and O–H groups in total. The molecule has 1 unspecified atom stereocenters. The van der Waals surface area contributed by atoms with Crippen molar-refractivity contribution in [1.82, 2.24) is 0 Å². The van der Waals surface area contributed by atoms with E-state index in [4.69, 9.17) is 4.74 Å². The Kier molecular flexibility index (Phi) is 4.43. The molecule has 0 aromatic carbocycles. The number of ether oxygens (including phenoxy) is 1. The van der Waals surface area contributed by atoms with Gasteiger partial charge in [0.1, 0.15) is 21.3 Å². The Hall–Kier alpha value is -0.400. The van der Waals surface area contributed by atoms with Crippen LogP contribution >= 0.6 is 0 Å². The fourth-order valence-electron chi connectivity index (χ4n) is 0.953. The fraction of sp³-hybridized carbons (Fsp3) is 0.875. The number of carbonyl (C=O) groups excluding carboxylic acids is 1. The Balaban J connectivity index is 3.87. The van der Waals surface area contributed by atoms with Crippen molar-refractivity contribution in [2.75, 3.05) is 0 Å². The summed E-state index contributed by atoms with van der Waals surface area (Å²) in [5, 5.41) is 0. The van der Waals surface area contributed by atoms with Crippen LogP contribution in [0.25, 0.3) is 0 Å². The molecule has 2 nitrogen and oxygen atoms in total. The van der Waals surface area contributed by atoms with Gasteiger partial charge in [-0.3, -0.25) is 4.79 Å². The van der Waals surface area contributed by atoms with E-state index in [0.717, 1.165) is 12.7 Å². The van der Waals surface area contributed by atoms with Crippen LogP contribution in [0.5, 0.6) is 0 Å². The predicted molar refractivity (Wildman–Crippen MR) is 56.1 cm³/mol. The minimum Gasteiger partial charge on any atom is -0.460 e. The van der Waals surface area contributed by atoms with Crippen molar-refractivity contribution in [3.8, 4) is 0 Å². The van der Waals surface area contributed by atoms with Crippen LogP contribution in [-0.4, -0.2) is 27.3 Å². The quantitative estimate of drug-likeness (QED) is 0.444. The lowest BCUT2D eigenvalue weighted by atomic mass is 9.80. The number of hydrogen-bond donors (Lipinski definition) is 0. The van der Waals surface area contributed by atoms with Crippen LogP contribution < -0.4 is 0 Å². The van der Waals surface area contributed by atoms with Crippen molar-refractivity contribution < 1.29 is 9.53 Å². The van der Waals surface area contributed by atoms with E-state index in [0.29, 0.717) is 0 Å². The molecular formula is C8H18B2O2. The molecule has 12 heavy (non-hydrogen) atoms. The van der Waals surface area contributed by atoms with Crippen LogP contribution in [-0.2, 0) is 9.53 Å². The van der Waals surface area contributed by atoms with E-state index in [1.165, 1.54) is 0 Å². The minimum absolute atomic E-state index is 0.0363. The first kappa shape index (κ1) is 11.6. The van der Waals surface area contributed by atoms with Gasteiger partial charge in [0, 0.05) is 5.82 Å². The summed E-state index contributed by atoms with van der Waals surface area (Å²) in [6.45, 7) is 5.68. The van der Waals surface area contributed by atoms with Crippen molar-refractivity contribution in [2.24, 2.45) is 0 Å². The molecule has 0 aromatic heterocycles. The van der Waals surface area contributed by atoms with E-state index >= 15 is 0 Å². The normalized spacial score (nSPS) is 13.9. The highest BCUT2D eigenvalue weighted by atomic mass is 16.6. The summed E-state index contributed by atoms with van der Waals surface area (Å²) in [5.41, 5.74) is -0.348. The number of hydrogen-bond acceptors (Lipinski definition) is 2. The van der Waals surface area contributed by atoms with Crippen LogP contribution in [0.4, 0.5) is 0 Å². The lowest BCUT2D eigenvalue weighted by Gasteiger charge is -2.22. The summed E-state index contributed by atoms with van der Waals surface area (Å²) in [7, 11) is 3.98. The van der Waals surface area contributed by atoms with E-state index in [-0.39, 0.29) is 17.4 Å². The fourth-order valence-corrected chi connectivity index (χ4v) is 0.953. The maximum atomic E-state index is 11.3. The van der Waals surface area contributed by atoms with Crippen molar-refractivity contribution in [1.29, 1.82) is 0 Å². The summed E-state index contributed by atoms with van der Waals surface area (Å²) in [4.78, 5) is 11.3. The average molecular weight is 168 g/mol. The molecule has 1 atom stereocenters. The number of esters is 1. The third-order valence-electron chi connectivity index (χ3n) is 1.53. The molecular weight excluding hydrogens is 150 g/mol. The predicted octanol–water partition coefficient (Wildman–Crippen LogP) is 0.191. The van der Waals surface area contributed by atoms with Crippen molar-refractivity contribution in [3.63, 3.8) is 0 Å². The third-order valence-corrected chi connectivity index (χ3v) is 1.53. The molecule has 0 heterocycles. The van der Waals surface area contributed by atoms with Crippen molar-refractivity contribution in [2.45, 2.75) is 44.9 Å². The van der Waals surface area contributed by atoms with Gasteiger partial charge in [-0.05, 0) is 20.8 Å². The van der Waals surface area contributed by atoms with Gasteiger partial charge in [-0.25, -0.2) is 0 Å². The van der Waals surface area contributed by atoms with Crippen LogP contribution in [0.1, 0.15) is 27.2 Å². The Morgan fingerprint density at radius 3 is 2.33 bits per heavy atom. The number of carbonyl (C=O) groups is 1. The van der Waals surface area contributed by atoms with Gasteiger partial charge in [0.15, 0.2) is 0 Å². The van der Waals surface area contributed by atoms with E-state index in [9.17, 15) is 4.79 Å². The van der Waals surface area contributed by atoms with Gasteiger partial charge in [-0.15, -0.1) is 0 Å². The van der Waals surface area contributed by atoms with Gasteiger partial charge in [0.05, 0.1) is 0 Å². The molecule has 0 spiro atoms. The zero-order chi connectivity index (χ0) is 9.78. The largest absolute Gasteiger partial charge is 0.460 e. The molecule has 0 fully saturated rings. The minimum atomic E-state index is -0.348. The standard InChI is InChI=1S/C8H18B2O2/c1-8(2,3)12-7(11)6(10)4-5-9/h6H,4-5,9-10H2,1-3H3. The SMILES string of the molecule is BCCC(B)C(=O)OC(C)(C)C. The van der Waals surface area contributed by atoms with Crippen LogP contribution in [0.2, 0.25) is 12.1 Å². The smallest absolute Gasteiger partial charge is 0.301 e. The second-order valence-electron chi connectivity index (χ2n) is 4.22. The molecule has 0 aliphatic carbocycles. The zero-order valence-corrected chi connectivity index (χ0v) is 8.81. The van der Waals surface area contributed by atoms with Gasteiger partial charge >= 0.3 is 5.97 Å². The monoisotopic (exact) mass is 168 g/mol. The molecule has 0 rings (SSSR count). The molecule has 0 saturated heterocycles. The topological polar surface area (TPSA) is 26.3 Å². The van der Waals surface area contributed by atoms with Gasteiger partial charge in [0.25, 0.3) is 0 Å². The molecule has 0 aromatic rings. The maximum Gasteiger partial charge on any atom is 0.301 e.